The molecule has 0 heterocycles. The van der Waals surface area contributed by atoms with E-state index in [9.17, 15) is 0 Å². The van der Waals surface area contributed by atoms with Crippen molar-refractivity contribution in [3.05, 3.63) is 63.6 Å². The van der Waals surface area contributed by atoms with Crippen LogP contribution in [0.5, 0.6) is 0 Å². The Hall–Kier alpha value is -1.28. The Morgan fingerprint density at radius 1 is 1.00 bits per heavy atom. The van der Waals surface area contributed by atoms with Crippen LogP contribution in [0.4, 0.5) is 5.69 Å². The maximum atomic E-state index is 5.89. The van der Waals surface area contributed by atoms with Crippen molar-refractivity contribution in [3.8, 4) is 0 Å². The van der Waals surface area contributed by atoms with Gasteiger partial charge in [0.15, 0.2) is 0 Å². The molecule has 0 amide bonds. The van der Waals surface area contributed by atoms with Gasteiger partial charge in [-0.05, 0) is 48.2 Å². The second-order valence-electron chi connectivity index (χ2n) is 3.99. The molecule has 1 nitrogen and oxygen atoms in total. The number of nitrogen functional groups attached to an aromatic ring is 1. The van der Waals surface area contributed by atoms with E-state index in [1.54, 1.807) is 0 Å². The number of hydrogen-bond donors (Lipinski definition) is 1. The van der Waals surface area contributed by atoms with Gasteiger partial charge in [-0.15, -0.1) is 0 Å². The lowest BCUT2D eigenvalue weighted by molar-refractivity contribution is 1.19. The van der Waals surface area contributed by atoms with Crippen LogP contribution in [0.2, 0.25) is 0 Å². The molecule has 0 unspecified atom stereocenters. The minimum absolute atomic E-state index is 0.870. The van der Waals surface area contributed by atoms with Crippen molar-refractivity contribution in [2.75, 3.05) is 5.73 Å². The van der Waals surface area contributed by atoms with Gasteiger partial charge in [0, 0.05) is 10.2 Å². The molecule has 0 saturated heterocycles. The van der Waals surface area contributed by atoms with E-state index < -0.39 is 0 Å². The maximum absolute atomic E-state index is 5.89. The van der Waals surface area contributed by atoms with E-state index in [2.05, 4.69) is 58.4 Å². The first kappa shape index (κ1) is 11.2. The summed E-state index contributed by atoms with van der Waals surface area (Å²) < 4.78 is 1.11. The van der Waals surface area contributed by atoms with Crippen molar-refractivity contribution in [1.82, 2.24) is 0 Å². The number of halogens is 1. The van der Waals surface area contributed by atoms with Crippen LogP contribution in [-0.2, 0) is 6.42 Å². The molecular formula is C14H14BrN. The predicted molar refractivity (Wildman–Crippen MR) is 72.5 cm³/mol. The van der Waals surface area contributed by atoms with Crippen molar-refractivity contribution in [1.29, 1.82) is 0 Å². The third-order valence-corrected chi connectivity index (χ3v) is 3.19. The molecule has 0 aliphatic carbocycles. The number of nitrogens with two attached hydrogens (primary N) is 1. The van der Waals surface area contributed by atoms with Gasteiger partial charge in [0.2, 0.25) is 0 Å². The van der Waals surface area contributed by atoms with Crippen molar-refractivity contribution >= 4 is 21.6 Å². The number of hydrogen-bond acceptors (Lipinski definition) is 1. The molecule has 0 bridgehead atoms. The van der Waals surface area contributed by atoms with Gasteiger partial charge in [0.1, 0.15) is 0 Å². The summed E-state index contributed by atoms with van der Waals surface area (Å²) in [6.07, 6.45) is 0.928. The lowest BCUT2D eigenvalue weighted by Crippen LogP contribution is -1.93. The van der Waals surface area contributed by atoms with E-state index in [0.29, 0.717) is 0 Å². The topological polar surface area (TPSA) is 26.0 Å². The summed E-state index contributed by atoms with van der Waals surface area (Å²) in [6, 6.07) is 14.6. The molecule has 2 aromatic carbocycles. The Morgan fingerprint density at radius 2 is 1.62 bits per heavy atom. The molecule has 2 heteroatoms. The van der Waals surface area contributed by atoms with Crippen LogP contribution in [-0.4, -0.2) is 0 Å². The highest BCUT2D eigenvalue weighted by molar-refractivity contribution is 9.10. The third-order valence-electron chi connectivity index (χ3n) is 2.67. The maximum Gasteiger partial charge on any atom is 0.0346 e. The first-order valence-electron chi connectivity index (χ1n) is 5.24. The van der Waals surface area contributed by atoms with Gasteiger partial charge in [-0.1, -0.05) is 40.2 Å². The number of rotatable bonds is 2. The lowest BCUT2D eigenvalue weighted by Gasteiger charge is -2.05. The Bertz CT molecular complexity index is 489. The zero-order valence-corrected chi connectivity index (χ0v) is 10.8. The highest BCUT2D eigenvalue weighted by Crippen LogP contribution is 2.17. The Labute approximate surface area is 104 Å². The van der Waals surface area contributed by atoms with Crippen LogP contribution in [0.3, 0.4) is 0 Å². The van der Waals surface area contributed by atoms with E-state index in [1.807, 2.05) is 6.92 Å². The monoisotopic (exact) mass is 275 g/mol. The molecule has 0 aliphatic rings. The summed E-state index contributed by atoms with van der Waals surface area (Å²) in [5.41, 5.74) is 10.5. The van der Waals surface area contributed by atoms with Crippen LogP contribution < -0.4 is 5.73 Å². The summed E-state index contributed by atoms with van der Waals surface area (Å²) in [6.45, 7) is 2.03. The molecule has 0 aromatic heterocycles. The molecule has 2 rings (SSSR count). The van der Waals surface area contributed by atoms with Gasteiger partial charge in [-0.2, -0.15) is 0 Å². The zero-order valence-electron chi connectivity index (χ0n) is 9.20. The standard InChI is InChI=1S/C14H14BrN/c1-10-2-3-12(9-14(10)16)8-11-4-6-13(15)7-5-11/h2-7,9H,8,16H2,1H3. The molecule has 82 valence electrons. The van der Waals surface area contributed by atoms with E-state index in [1.165, 1.54) is 11.1 Å². The molecular weight excluding hydrogens is 262 g/mol. The summed E-state index contributed by atoms with van der Waals surface area (Å²) >= 11 is 3.43. The van der Waals surface area contributed by atoms with E-state index in [4.69, 9.17) is 5.73 Å². The van der Waals surface area contributed by atoms with Crippen LogP contribution in [0.1, 0.15) is 16.7 Å². The summed E-state index contributed by atoms with van der Waals surface area (Å²) in [4.78, 5) is 0. The molecule has 2 N–H and O–H groups in total. The van der Waals surface area contributed by atoms with E-state index in [0.717, 1.165) is 22.1 Å². The van der Waals surface area contributed by atoms with Gasteiger partial charge in [-0.25, -0.2) is 0 Å². The third kappa shape index (κ3) is 2.64. The van der Waals surface area contributed by atoms with Crippen LogP contribution in [0.15, 0.2) is 46.9 Å². The minimum atomic E-state index is 0.870. The van der Waals surface area contributed by atoms with Crippen molar-refractivity contribution in [2.45, 2.75) is 13.3 Å². The molecule has 0 fully saturated rings. The molecule has 0 saturated carbocycles. The summed E-state index contributed by atoms with van der Waals surface area (Å²) in [5.74, 6) is 0. The number of benzene rings is 2. The molecule has 0 aliphatic heterocycles. The summed E-state index contributed by atoms with van der Waals surface area (Å²) in [5, 5.41) is 0. The second-order valence-corrected chi connectivity index (χ2v) is 4.91. The van der Waals surface area contributed by atoms with Gasteiger partial charge in [-0.3, -0.25) is 0 Å². The average Bonchev–Trinajstić information content (AvgIpc) is 2.27. The largest absolute Gasteiger partial charge is 0.399 e. The van der Waals surface area contributed by atoms with Crippen molar-refractivity contribution < 1.29 is 0 Å². The van der Waals surface area contributed by atoms with E-state index >= 15 is 0 Å². The van der Waals surface area contributed by atoms with Gasteiger partial charge in [0.25, 0.3) is 0 Å². The average molecular weight is 276 g/mol. The first-order valence-corrected chi connectivity index (χ1v) is 6.04. The lowest BCUT2D eigenvalue weighted by atomic mass is 10.0. The zero-order chi connectivity index (χ0) is 11.5. The number of anilines is 1. The highest BCUT2D eigenvalue weighted by Gasteiger charge is 1.99. The Morgan fingerprint density at radius 3 is 2.25 bits per heavy atom. The fourth-order valence-corrected chi connectivity index (χ4v) is 1.90. The van der Waals surface area contributed by atoms with Gasteiger partial charge < -0.3 is 5.73 Å². The van der Waals surface area contributed by atoms with Gasteiger partial charge >= 0.3 is 0 Å². The van der Waals surface area contributed by atoms with Crippen molar-refractivity contribution in [3.63, 3.8) is 0 Å². The van der Waals surface area contributed by atoms with Gasteiger partial charge in [0.05, 0.1) is 0 Å². The van der Waals surface area contributed by atoms with Crippen LogP contribution in [0.25, 0.3) is 0 Å². The molecule has 16 heavy (non-hydrogen) atoms. The SMILES string of the molecule is Cc1ccc(Cc2ccc(Br)cc2)cc1N. The summed E-state index contributed by atoms with van der Waals surface area (Å²) in [7, 11) is 0. The molecule has 2 aromatic rings. The van der Waals surface area contributed by atoms with E-state index in [-0.39, 0.29) is 0 Å². The van der Waals surface area contributed by atoms with Crippen LogP contribution >= 0.6 is 15.9 Å². The first-order chi connectivity index (χ1) is 7.65. The van der Waals surface area contributed by atoms with Crippen molar-refractivity contribution in [2.24, 2.45) is 0 Å². The number of aryl methyl sites for hydroxylation is 1. The quantitative estimate of drug-likeness (QED) is 0.826. The fraction of sp³-hybridized carbons (Fsp3) is 0.143. The smallest absolute Gasteiger partial charge is 0.0346 e. The normalized spacial score (nSPS) is 10.4. The minimum Gasteiger partial charge on any atom is -0.399 e. The molecule has 0 atom stereocenters. The Balaban J connectivity index is 2.20. The molecule has 0 spiro atoms. The fourth-order valence-electron chi connectivity index (χ4n) is 1.64. The second kappa shape index (κ2) is 4.71. The Kier molecular flexibility index (Phi) is 3.30. The molecule has 0 radical (unpaired) electrons. The van der Waals surface area contributed by atoms with Crippen LogP contribution in [0, 0.1) is 6.92 Å². The highest BCUT2D eigenvalue weighted by atomic mass is 79.9. The predicted octanol–water partition coefficient (Wildman–Crippen LogP) is 3.93.